The van der Waals surface area contributed by atoms with Gasteiger partial charge in [-0.25, -0.2) is 9.18 Å². The first-order chi connectivity index (χ1) is 20.4. The van der Waals surface area contributed by atoms with E-state index < -0.39 is 35.7 Å². The number of carbonyl (C=O) groups excluding carboxylic acids is 2. The van der Waals surface area contributed by atoms with E-state index in [1.807, 2.05) is 36.4 Å². The minimum Gasteiger partial charge on any atom is -0.480 e. The van der Waals surface area contributed by atoms with Crippen molar-refractivity contribution in [3.8, 4) is 0 Å². The Hall–Kier alpha value is -5.31. The van der Waals surface area contributed by atoms with Crippen LogP contribution in [-0.4, -0.2) is 41.2 Å². The molecule has 0 saturated heterocycles. The summed E-state index contributed by atoms with van der Waals surface area (Å²) in [7, 11) is 0. The number of carboxylic acid groups (broad SMARTS) is 1. The fourth-order valence-corrected chi connectivity index (χ4v) is 4.13. The molecule has 0 heterocycles. The molecule has 0 aliphatic rings. The zero-order valence-electron chi connectivity index (χ0n) is 22.7. The first kappa shape index (κ1) is 29.7. The van der Waals surface area contributed by atoms with Crippen molar-refractivity contribution in [2.24, 2.45) is 5.16 Å². The van der Waals surface area contributed by atoms with Gasteiger partial charge < -0.3 is 20.6 Å². The maximum Gasteiger partial charge on any atom is 0.326 e. The Kier molecular flexibility index (Phi) is 10.5. The van der Waals surface area contributed by atoms with Gasteiger partial charge in [-0.3, -0.25) is 9.59 Å². The summed E-state index contributed by atoms with van der Waals surface area (Å²) < 4.78 is 13.5. The van der Waals surface area contributed by atoms with Gasteiger partial charge in [0.2, 0.25) is 5.91 Å². The lowest BCUT2D eigenvalue weighted by molar-refractivity contribution is -0.142. The second-order valence-corrected chi connectivity index (χ2v) is 9.56. The van der Waals surface area contributed by atoms with Gasteiger partial charge in [0.25, 0.3) is 5.91 Å². The average molecular weight is 568 g/mol. The molecule has 0 aliphatic heterocycles. The summed E-state index contributed by atoms with van der Waals surface area (Å²) in [4.78, 5) is 43.7. The van der Waals surface area contributed by atoms with Crippen LogP contribution >= 0.6 is 0 Å². The van der Waals surface area contributed by atoms with E-state index in [1.54, 1.807) is 48.5 Å². The maximum absolute atomic E-state index is 13.5. The quantitative estimate of drug-likeness (QED) is 0.162. The minimum atomic E-state index is -1.21. The summed E-state index contributed by atoms with van der Waals surface area (Å²) in [6, 6.07) is 28.2. The molecule has 0 spiro atoms. The van der Waals surface area contributed by atoms with Crippen LogP contribution in [0.25, 0.3) is 0 Å². The van der Waals surface area contributed by atoms with Crippen LogP contribution in [-0.2, 0) is 33.9 Å². The number of aliphatic carboxylic acids is 1. The van der Waals surface area contributed by atoms with Crippen LogP contribution in [0.2, 0.25) is 0 Å². The summed E-state index contributed by atoms with van der Waals surface area (Å²) in [5.41, 5.74) is 3.29. The molecule has 0 aliphatic carbocycles. The molecule has 0 bridgehead atoms. The topological polar surface area (TPSA) is 117 Å². The van der Waals surface area contributed by atoms with E-state index in [9.17, 15) is 23.9 Å². The number of carbonyl (C=O) groups is 3. The zero-order valence-corrected chi connectivity index (χ0v) is 22.7. The van der Waals surface area contributed by atoms with Gasteiger partial charge in [0.05, 0.1) is 6.21 Å². The smallest absolute Gasteiger partial charge is 0.326 e. The number of nitrogens with one attached hydrogen (secondary N) is 2. The minimum absolute atomic E-state index is 0.0268. The third-order valence-electron chi connectivity index (χ3n) is 6.40. The van der Waals surface area contributed by atoms with Gasteiger partial charge in [-0.15, -0.1) is 0 Å². The van der Waals surface area contributed by atoms with E-state index in [0.29, 0.717) is 17.7 Å². The highest BCUT2D eigenvalue weighted by Gasteiger charge is 2.27. The van der Waals surface area contributed by atoms with Gasteiger partial charge in [0.1, 0.15) is 24.5 Å². The standard InChI is InChI=1S/C33H30FN3O5/c34-28-17-13-24(14-18-28)19-29(32(39)37-30(33(40)41)20-23-7-3-1-4-8-23)36-31(38)27-15-11-25(12-16-27)21-35-42-22-26-9-5-2-6-10-26/h1-18,21,29-30H,19-20,22H2,(H,36,38)(H,37,39)(H,40,41)/b35-21+/t29-,30-/m0/s1. The monoisotopic (exact) mass is 567 g/mol. The van der Waals surface area contributed by atoms with Crippen molar-refractivity contribution in [1.82, 2.24) is 10.6 Å². The zero-order chi connectivity index (χ0) is 29.7. The van der Waals surface area contributed by atoms with E-state index in [0.717, 1.165) is 11.1 Å². The third kappa shape index (κ3) is 9.12. The summed E-state index contributed by atoms with van der Waals surface area (Å²) in [6.45, 7) is 0.323. The average Bonchev–Trinajstić information content (AvgIpc) is 3.01. The molecule has 2 atom stereocenters. The van der Waals surface area contributed by atoms with E-state index in [1.165, 1.54) is 30.5 Å². The molecule has 3 N–H and O–H groups in total. The number of nitrogens with zero attached hydrogens (tertiary/aromatic N) is 1. The predicted molar refractivity (Wildman–Crippen MR) is 156 cm³/mol. The van der Waals surface area contributed by atoms with Crippen molar-refractivity contribution in [3.05, 3.63) is 143 Å². The van der Waals surface area contributed by atoms with Gasteiger partial charge in [-0.05, 0) is 46.5 Å². The first-order valence-electron chi connectivity index (χ1n) is 13.3. The number of halogens is 1. The lowest BCUT2D eigenvalue weighted by Crippen LogP contribution is -2.53. The number of benzene rings is 4. The van der Waals surface area contributed by atoms with E-state index in [-0.39, 0.29) is 18.4 Å². The van der Waals surface area contributed by atoms with Crippen molar-refractivity contribution < 1.29 is 28.7 Å². The molecule has 8 nitrogen and oxygen atoms in total. The molecule has 4 aromatic carbocycles. The Morgan fingerprint density at radius 1 is 0.738 bits per heavy atom. The molecule has 4 aromatic rings. The van der Waals surface area contributed by atoms with Crippen LogP contribution in [0.1, 0.15) is 32.6 Å². The largest absolute Gasteiger partial charge is 0.480 e. The molecule has 0 aromatic heterocycles. The lowest BCUT2D eigenvalue weighted by atomic mass is 10.0. The molecule has 42 heavy (non-hydrogen) atoms. The van der Waals surface area contributed by atoms with Crippen LogP contribution in [0.5, 0.6) is 0 Å². The van der Waals surface area contributed by atoms with Gasteiger partial charge in [-0.1, -0.05) is 90.1 Å². The number of amides is 2. The van der Waals surface area contributed by atoms with Crippen LogP contribution in [0, 0.1) is 5.82 Å². The van der Waals surface area contributed by atoms with Crippen LogP contribution < -0.4 is 10.6 Å². The number of oxime groups is 1. The van der Waals surface area contributed by atoms with Crippen molar-refractivity contribution in [2.75, 3.05) is 0 Å². The highest BCUT2D eigenvalue weighted by Crippen LogP contribution is 2.10. The van der Waals surface area contributed by atoms with Crippen LogP contribution in [0.3, 0.4) is 0 Å². The van der Waals surface area contributed by atoms with Gasteiger partial charge in [0, 0.05) is 18.4 Å². The fraction of sp³-hybridized carbons (Fsp3) is 0.152. The first-order valence-corrected chi connectivity index (χ1v) is 13.3. The molecule has 0 unspecified atom stereocenters. The Morgan fingerprint density at radius 2 is 1.31 bits per heavy atom. The molecular weight excluding hydrogens is 537 g/mol. The van der Waals surface area contributed by atoms with Crippen molar-refractivity contribution in [2.45, 2.75) is 31.5 Å². The summed E-state index contributed by atoms with van der Waals surface area (Å²) in [5, 5.41) is 18.9. The summed E-state index contributed by atoms with van der Waals surface area (Å²) in [6.07, 6.45) is 1.62. The Morgan fingerprint density at radius 3 is 1.93 bits per heavy atom. The van der Waals surface area contributed by atoms with Gasteiger partial charge in [0.15, 0.2) is 0 Å². The Balaban J connectivity index is 1.42. The maximum atomic E-state index is 13.5. The second-order valence-electron chi connectivity index (χ2n) is 9.56. The highest BCUT2D eigenvalue weighted by atomic mass is 19.1. The molecule has 4 rings (SSSR count). The number of hydrogen-bond donors (Lipinski definition) is 3. The van der Waals surface area contributed by atoms with E-state index >= 15 is 0 Å². The Bertz CT molecular complexity index is 1490. The number of rotatable bonds is 13. The summed E-state index contributed by atoms with van der Waals surface area (Å²) in [5.74, 6) is -2.85. The molecule has 0 saturated carbocycles. The van der Waals surface area contributed by atoms with Crippen LogP contribution in [0.15, 0.2) is 114 Å². The molecule has 214 valence electrons. The molecule has 2 amide bonds. The van der Waals surface area contributed by atoms with Gasteiger partial charge >= 0.3 is 5.97 Å². The molecule has 0 radical (unpaired) electrons. The van der Waals surface area contributed by atoms with Crippen molar-refractivity contribution in [1.29, 1.82) is 0 Å². The number of carboxylic acids is 1. The third-order valence-corrected chi connectivity index (χ3v) is 6.40. The van der Waals surface area contributed by atoms with Gasteiger partial charge in [-0.2, -0.15) is 0 Å². The normalized spacial score (nSPS) is 12.3. The molecule has 0 fully saturated rings. The second kappa shape index (κ2) is 14.9. The lowest BCUT2D eigenvalue weighted by Gasteiger charge is -2.22. The fourth-order valence-electron chi connectivity index (χ4n) is 4.13. The number of hydrogen-bond acceptors (Lipinski definition) is 5. The molecular formula is C33H30FN3O5. The van der Waals surface area contributed by atoms with Crippen LogP contribution in [0.4, 0.5) is 4.39 Å². The Labute approximate surface area is 242 Å². The van der Waals surface area contributed by atoms with E-state index in [4.69, 9.17) is 4.84 Å². The van der Waals surface area contributed by atoms with Crippen molar-refractivity contribution in [3.63, 3.8) is 0 Å². The SMILES string of the molecule is O=C(N[C@@H](Cc1ccc(F)cc1)C(=O)N[C@@H](Cc1ccccc1)C(=O)O)c1ccc(/C=N/OCc2ccccc2)cc1. The molecule has 9 heteroatoms. The summed E-state index contributed by atoms with van der Waals surface area (Å²) >= 11 is 0. The predicted octanol–water partition coefficient (Wildman–Crippen LogP) is 4.53. The highest BCUT2D eigenvalue weighted by molar-refractivity contribution is 5.98. The van der Waals surface area contributed by atoms with Crippen molar-refractivity contribution >= 4 is 24.0 Å². The van der Waals surface area contributed by atoms with E-state index in [2.05, 4.69) is 15.8 Å².